The quantitative estimate of drug-likeness (QED) is 0.309. The van der Waals surface area contributed by atoms with Gasteiger partial charge in [0, 0.05) is 0 Å². The molecule has 0 unspecified atom stereocenters. The zero-order chi connectivity index (χ0) is 5.86. The summed E-state index contributed by atoms with van der Waals surface area (Å²) in [5, 5.41) is 30.9. The molecule has 0 atom stereocenters. The molecule has 0 bridgehead atoms. The Labute approximate surface area is 79.6 Å². The normalized spacial score (nSPS) is 7.50. The minimum atomic E-state index is -2.13. The molecule has 0 saturated carbocycles. The van der Waals surface area contributed by atoms with Gasteiger partial charge in [0.1, 0.15) is 0 Å². The monoisotopic (exact) mass is 148 g/mol. The van der Waals surface area contributed by atoms with Crippen LogP contribution < -0.4 is 0 Å². The second-order valence-electron chi connectivity index (χ2n) is 0.789. The predicted molar refractivity (Wildman–Crippen MR) is 29.4 cm³/mol. The molecule has 5 nitrogen and oxygen atoms in total. The molecule has 0 aliphatic carbocycles. The van der Waals surface area contributed by atoms with Crippen LogP contribution in [0.5, 0.6) is 0 Å². The van der Waals surface area contributed by atoms with Gasteiger partial charge < -0.3 is 27.5 Å². The fourth-order valence-corrected chi connectivity index (χ4v) is 0.109. The van der Waals surface area contributed by atoms with Gasteiger partial charge in [-0.3, -0.25) is 0 Å². The van der Waals surface area contributed by atoms with Crippen LogP contribution in [0.4, 0.5) is 0 Å². The van der Waals surface area contributed by atoms with Crippen LogP contribution in [-0.4, -0.2) is 72.5 Å². The maximum atomic E-state index is 7.74. The first kappa shape index (κ1) is 11.9. The molecule has 44 valence electrons. The van der Waals surface area contributed by atoms with Crippen LogP contribution in [0, 0.1) is 0 Å². The number of rotatable bonds is 2. The van der Waals surface area contributed by atoms with Crippen LogP contribution in [0.3, 0.4) is 0 Å². The Morgan fingerprint density at radius 2 is 1.25 bits per heavy atom. The standard InChI is InChI=1S/B2H4O5.Ca.2H/c3-1(4)7-2(5)6;;;/h3-6H;;;/q;+2;2*-1. The van der Waals surface area contributed by atoms with Crippen LogP contribution >= 0.6 is 0 Å². The van der Waals surface area contributed by atoms with E-state index in [2.05, 4.69) is 4.57 Å². The molecule has 0 fully saturated rings. The van der Waals surface area contributed by atoms with Crippen molar-refractivity contribution in [2.24, 2.45) is 0 Å². The van der Waals surface area contributed by atoms with Gasteiger partial charge in [-0.15, -0.1) is 0 Å². The van der Waals surface area contributed by atoms with Gasteiger partial charge in [-0.05, 0) is 0 Å². The Morgan fingerprint density at radius 3 is 1.25 bits per heavy atom. The van der Waals surface area contributed by atoms with Crippen molar-refractivity contribution in [1.29, 1.82) is 0 Å². The van der Waals surface area contributed by atoms with Crippen molar-refractivity contribution in [2.75, 3.05) is 0 Å². The van der Waals surface area contributed by atoms with E-state index in [4.69, 9.17) is 20.1 Å². The molecule has 0 aliphatic heterocycles. The molecule has 8 heavy (non-hydrogen) atoms. The zero-order valence-electron chi connectivity index (χ0n) is 6.06. The topological polar surface area (TPSA) is 90.2 Å². The SMILES string of the molecule is OB(O)OB(O)O.[Ca+2].[H-].[H-]. The third-order valence-electron chi connectivity index (χ3n) is 0.243. The largest absolute Gasteiger partial charge is 2.00 e. The van der Waals surface area contributed by atoms with Crippen molar-refractivity contribution in [3.8, 4) is 0 Å². The first-order valence-corrected chi connectivity index (χ1v) is 1.50. The second kappa shape index (κ2) is 6.31. The Bertz CT molecular complexity index is 46.9. The fourth-order valence-electron chi connectivity index (χ4n) is 0.109. The molecule has 0 aliphatic rings. The number of hydrogen-bond acceptors (Lipinski definition) is 5. The average molecular weight is 148 g/mol. The molecule has 4 N–H and O–H groups in total. The van der Waals surface area contributed by atoms with E-state index in [9.17, 15) is 0 Å². The Balaban J connectivity index is -0.0000000600. The molecule has 0 saturated heterocycles. The Hall–Kier alpha value is 1.19. The molecule has 8 heteroatoms. The second-order valence-corrected chi connectivity index (χ2v) is 0.789. The molecule has 0 aromatic rings. The van der Waals surface area contributed by atoms with Crippen LogP contribution in [0.25, 0.3) is 0 Å². The van der Waals surface area contributed by atoms with Gasteiger partial charge in [0.25, 0.3) is 0 Å². The first-order chi connectivity index (χ1) is 3.13. The average Bonchev–Trinajstić information content (AvgIpc) is 1.27. The number of hydrogen-bond donors (Lipinski definition) is 4. The molecule has 0 spiro atoms. The Kier molecular flexibility index (Phi) is 9.41. The molecule has 0 aromatic heterocycles. The van der Waals surface area contributed by atoms with E-state index in [0.29, 0.717) is 0 Å². The summed E-state index contributed by atoms with van der Waals surface area (Å²) in [6, 6.07) is 0. The van der Waals surface area contributed by atoms with Crippen LogP contribution in [0.1, 0.15) is 2.85 Å². The fraction of sp³-hybridized carbons (Fsp3) is 0. The molecule has 0 amide bonds. The van der Waals surface area contributed by atoms with Gasteiger partial charge in [0.2, 0.25) is 0 Å². The van der Waals surface area contributed by atoms with Crippen LogP contribution in [0.15, 0.2) is 0 Å². The van der Waals surface area contributed by atoms with Crippen molar-refractivity contribution in [2.45, 2.75) is 0 Å². The van der Waals surface area contributed by atoms with Crippen LogP contribution in [-0.2, 0) is 4.57 Å². The van der Waals surface area contributed by atoms with E-state index in [1.54, 1.807) is 0 Å². The van der Waals surface area contributed by atoms with Gasteiger partial charge in [-0.25, -0.2) is 0 Å². The van der Waals surface area contributed by atoms with Gasteiger partial charge in [-0.2, -0.15) is 0 Å². The summed E-state index contributed by atoms with van der Waals surface area (Å²) in [6.07, 6.45) is 0. The summed E-state index contributed by atoms with van der Waals surface area (Å²) < 4.78 is 3.47. The molecule has 0 aromatic carbocycles. The van der Waals surface area contributed by atoms with Crippen molar-refractivity contribution < 1.29 is 27.5 Å². The van der Waals surface area contributed by atoms with E-state index >= 15 is 0 Å². The van der Waals surface area contributed by atoms with Gasteiger partial charge >= 0.3 is 52.4 Å². The van der Waals surface area contributed by atoms with E-state index in [1.807, 2.05) is 0 Å². The zero-order valence-corrected chi connectivity index (χ0v) is 6.27. The van der Waals surface area contributed by atoms with Gasteiger partial charge in [0.05, 0.1) is 0 Å². The van der Waals surface area contributed by atoms with Crippen molar-refractivity contribution in [3.63, 3.8) is 0 Å². The summed E-state index contributed by atoms with van der Waals surface area (Å²) in [6.45, 7) is 0. The van der Waals surface area contributed by atoms with Crippen molar-refractivity contribution in [3.05, 3.63) is 0 Å². The predicted octanol–water partition coefficient (Wildman–Crippen LogP) is -3.21. The summed E-state index contributed by atoms with van der Waals surface area (Å²) in [4.78, 5) is 0. The van der Waals surface area contributed by atoms with Gasteiger partial charge in [0.15, 0.2) is 0 Å². The minimum Gasteiger partial charge on any atom is -1.00 e. The molecule has 0 heterocycles. The summed E-state index contributed by atoms with van der Waals surface area (Å²) in [7, 11) is -4.25. The molecule has 0 radical (unpaired) electrons. The summed E-state index contributed by atoms with van der Waals surface area (Å²) in [5.41, 5.74) is 0. The van der Waals surface area contributed by atoms with Crippen LogP contribution in [0.2, 0.25) is 0 Å². The first-order valence-electron chi connectivity index (χ1n) is 1.50. The maximum Gasteiger partial charge on any atom is 2.00 e. The van der Waals surface area contributed by atoms with Crippen molar-refractivity contribution >= 4 is 52.4 Å². The molecule has 0 rings (SSSR count). The van der Waals surface area contributed by atoms with E-state index in [0.717, 1.165) is 0 Å². The summed E-state index contributed by atoms with van der Waals surface area (Å²) >= 11 is 0. The minimum absolute atomic E-state index is 0. The summed E-state index contributed by atoms with van der Waals surface area (Å²) in [5.74, 6) is 0. The smallest absolute Gasteiger partial charge is 1.00 e. The molecular weight excluding hydrogens is 142 g/mol. The third-order valence-corrected chi connectivity index (χ3v) is 0.243. The maximum absolute atomic E-state index is 7.74. The van der Waals surface area contributed by atoms with E-state index < -0.39 is 14.6 Å². The van der Waals surface area contributed by atoms with Gasteiger partial charge in [-0.1, -0.05) is 0 Å². The molecular formula is H6B2CaO5. The third kappa shape index (κ3) is 10.2. The van der Waals surface area contributed by atoms with Crippen molar-refractivity contribution in [1.82, 2.24) is 0 Å². The van der Waals surface area contributed by atoms with E-state index in [-0.39, 0.29) is 40.6 Å². The van der Waals surface area contributed by atoms with E-state index in [1.165, 1.54) is 0 Å². The Morgan fingerprint density at radius 1 is 1.00 bits per heavy atom.